The zero-order valence-corrected chi connectivity index (χ0v) is 22.1. The molecule has 1 N–H and O–H groups in total. The summed E-state index contributed by atoms with van der Waals surface area (Å²) in [5, 5.41) is 12.2. The summed E-state index contributed by atoms with van der Waals surface area (Å²) in [4.78, 5) is 14.7. The molecule has 3 aromatic carbocycles. The third kappa shape index (κ3) is 5.93. The molecule has 0 aliphatic rings. The summed E-state index contributed by atoms with van der Waals surface area (Å²) >= 11 is 0. The van der Waals surface area contributed by atoms with Crippen molar-refractivity contribution in [3.05, 3.63) is 77.9 Å². The zero-order chi connectivity index (χ0) is 25.9. The zero-order valence-electron chi connectivity index (χ0n) is 22.1. The maximum absolute atomic E-state index is 13.1. The Bertz CT molecular complexity index is 1330. The van der Waals surface area contributed by atoms with Crippen molar-refractivity contribution in [2.75, 3.05) is 5.32 Å². The summed E-state index contributed by atoms with van der Waals surface area (Å²) in [5.41, 5.74) is 4.55. The number of aryl methyl sites for hydroxylation is 1. The van der Waals surface area contributed by atoms with E-state index in [1.807, 2.05) is 54.6 Å². The van der Waals surface area contributed by atoms with Gasteiger partial charge in [0.1, 0.15) is 16.8 Å². The highest BCUT2D eigenvalue weighted by Gasteiger charge is 2.30. The molecule has 6 heteroatoms. The first-order chi connectivity index (χ1) is 17.0. The number of anilines is 1. The highest BCUT2D eigenvalue weighted by Crippen LogP contribution is 2.27. The number of nitrogens with one attached hydrogen (secondary N) is 1. The molecule has 0 aliphatic heterocycles. The number of nitrogens with zero attached hydrogens (tertiary/aromatic N) is 3. The largest absolute Gasteiger partial charge is 0.478 e. The van der Waals surface area contributed by atoms with Gasteiger partial charge in [0.05, 0.1) is 5.69 Å². The molecular weight excluding hydrogens is 448 g/mol. The van der Waals surface area contributed by atoms with Gasteiger partial charge in [-0.05, 0) is 85.7 Å². The monoisotopic (exact) mass is 484 g/mol. The van der Waals surface area contributed by atoms with Crippen LogP contribution in [0.15, 0.2) is 66.7 Å². The topological polar surface area (TPSA) is 69.0 Å². The first-order valence-corrected chi connectivity index (χ1v) is 12.6. The highest BCUT2D eigenvalue weighted by atomic mass is 16.5. The fraction of sp³-hybridized carbons (Fsp3) is 0.367. The minimum atomic E-state index is -1.06. The number of carbonyl (C=O) groups excluding carboxylic acids is 1. The summed E-state index contributed by atoms with van der Waals surface area (Å²) in [6.45, 7) is 12.2. The van der Waals surface area contributed by atoms with Crippen molar-refractivity contribution in [3.63, 3.8) is 0 Å². The average Bonchev–Trinajstić information content (AvgIpc) is 3.26. The number of benzene rings is 3. The molecule has 0 bridgehead atoms. The molecule has 0 saturated heterocycles. The van der Waals surface area contributed by atoms with Crippen LogP contribution in [-0.4, -0.2) is 26.5 Å². The van der Waals surface area contributed by atoms with Gasteiger partial charge in [-0.25, -0.2) is 0 Å². The van der Waals surface area contributed by atoms with Crippen LogP contribution in [0.25, 0.3) is 16.7 Å². The Hall–Kier alpha value is -3.67. The third-order valence-electron chi connectivity index (χ3n) is 6.26. The number of hydrogen-bond donors (Lipinski definition) is 1. The van der Waals surface area contributed by atoms with E-state index in [4.69, 9.17) is 4.74 Å². The number of rotatable bonds is 8. The molecule has 0 spiro atoms. The Morgan fingerprint density at radius 3 is 2.19 bits per heavy atom. The van der Waals surface area contributed by atoms with Gasteiger partial charge in [-0.3, -0.25) is 4.79 Å². The lowest BCUT2D eigenvalue weighted by molar-refractivity contribution is -0.128. The molecule has 4 aromatic rings. The lowest BCUT2D eigenvalue weighted by Crippen LogP contribution is -2.42. The molecule has 1 aromatic heterocycles. The molecular formula is C30H36N4O2. The molecule has 36 heavy (non-hydrogen) atoms. The van der Waals surface area contributed by atoms with E-state index < -0.39 is 5.60 Å². The van der Waals surface area contributed by atoms with Gasteiger partial charge in [0.25, 0.3) is 5.91 Å². The van der Waals surface area contributed by atoms with Crippen LogP contribution in [0.1, 0.15) is 65.5 Å². The van der Waals surface area contributed by atoms with E-state index in [0.717, 1.165) is 17.6 Å². The van der Waals surface area contributed by atoms with Crippen molar-refractivity contribution in [1.82, 2.24) is 15.0 Å². The smallest absolute Gasteiger partial charge is 0.267 e. The number of unbranched alkanes of at least 4 members (excludes halogenated alkanes) is 1. The van der Waals surface area contributed by atoms with Crippen molar-refractivity contribution in [2.24, 2.45) is 0 Å². The van der Waals surface area contributed by atoms with Crippen molar-refractivity contribution in [2.45, 2.75) is 71.8 Å². The molecule has 188 valence electrons. The summed E-state index contributed by atoms with van der Waals surface area (Å²) in [6, 6.07) is 21.8. The standard InChI is InChI=1S/C30H36N4O2/c1-7-8-9-21-10-15-24(16-11-21)34-32-26-19-14-23(20-27(26)33-34)31-28(35)30(5,6)36-25-17-12-22(13-18-25)29(2,3)4/h10-20H,7-9H2,1-6H3,(H,31,35). The second-order valence-corrected chi connectivity index (χ2v) is 10.8. The predicted molar refractivity (Wildman–Crippen MR) is 146 cm³/mol. The van der Waals surface area contributed by atoms with Crippen LogP contribution in [0.4, 0.5) is 5.69 Å². The van der Waals surface area contributed by atoms with Crippen molar-refractivity contribution in [3.8, 4) is 11.4 Å². The molecule has 0 radical (unpaired) electrons. The van der Waals surface area contributed by atoms with Gasteiger partial charge in [0.15, 0.2) is 5.60 Å². The van der Waals surface area contributed by atoms with E-state index in [-0.39, 0.29) is 11.3 Å². The van der Waals surface area contributed by atoms with E-state index in [0.29, 0.717) is 17.0 Å². The average molecular weight is 485 g/mol. The van der Waals surface area contributed by atoms with Gasteiger partial charge < -0.3 is 10.1 Å². The lowest BCUT2D eigenvalue weighted by Gasteiger charge is -2.26. The van der Waals surface area contributed by atoms with Gasteiger partial charge >= 0.3 is 0 Å². The van der Waals surface area contributed by atoms with E-state index in [1.54, 1.807) is 18.6 Å². The quantitative estimate of drug-likeness (QED) is 0.297. The minimum Gasteiger partial charge on any atom is -0.478 e. The van der Waals surface area contributed by atoms with Crippen LogP contribution in [0.5, 0.6) is 5.75 Å². The first-order valence-electron chi connectivity index (χ1n) is 12.6. The second-order valence-electron chi connectivity index (χ2n) is 10.8. The number of fused-ring (bicyclic) bond motifs is 1. The molecule has 6 nitrogen and oxygen atoms in total. The molecule has 0 unspecified atom stereocenters. The Morgan fingerprint density at radius 2 is 1.56 bits per heavy atom. The Labute approximate surface area is 213 Å². The van der Waals surface area contributed by atoms with Crippen LogP contribution in [0.2, 0.25) is 0 Å². The van der Waals surface area contributed by atoms with Gasteiger partial charge in [-0.2, -0.15) is 4.80 Å². The Kier molecular flexibility index (Phi) is 7.16. The lowest BCUT2D eigenvalue weighted by atomic mass is 9.87. The number of hydrogen-bond acceptors (Lipinski definition) is 4. The molecule has 0 saturated carbocycles. The van der Waals surface area contributed by atoms with Crippen LogP contribution in [-0.2, 0) is 16.6 Å². The maximum Gasteiger partial charge on any atom is 0.267 e. The fourth-order valence-corrected chi connectivity index (χ4v) is 3.93. The fourth-order valence-electron chi connectivity index (χ4n) is 3.93. The van der Waals surface area contributed by atoms with E-state index in [2.05, 4.69) is 55.3 Å². The summed E-state index contributed by atoms with van der Waals surface area (Å²) in [7, 11) is 0. The van der Waals surface area contributed by atoms with Gasteiger partial charge in [0, 0.05) is 5.69 Å². The molecule has 1 amide bonds. The van der Waals surface area contributed by atoms with Crippen LogP contribution in [0.3, 0.4) is 0 Å². The molecule has 0 atom stereocenters. The summed E-state index contributed by atoms with van der Waals surface area (Å²) in [6.07, 6.45) is 3.44. The first kappa shape index (κ1) is 25.4. The van der Waals surface area contributed by atoms with Crippen molar-refractivity contribution >= 4 is 22.6 Å². The van der Waals surface area contributed by atoms with Gasteiger partial charge in [-0.15, -0.1) is 10.2 Å². The van der Waals surface area contributed by atoms with Gasteiger partial charge in [0.2, 0.25) is 0 Å². The third-order valence-corrected chi connectivity index (χ3v) is 6.26. The van der Waals surface area contributed by atoms with Crippen molar-refractivity contribution < 1.29 is 9.53 Å². The predicted octanol–water partition coefficient (Wildman–Crippen LogP) is 6.86. The molecule has 4 rings (SSSR count). The van der Waals surface area contributed by atoms with Crippen LogP contribution < -0.4 is 10.1 Å². The molecule has 0 aliphatic carbocycles. The number of aromatic nitrogens is 3. The van der Waals surface area contributed by atoms with E-state index in [1.165, 1.54) is 24.0 Å². The highest BCUT2D eigenvalue weighted by molar-refractivity contribution is 5.98. The normalized spacial score (nSPS) is 12.1. The SMILES string of the molecule is CCCCc1ccc(-n2nc3ccc(NC(=O)C(C)(C)Oc4ccc(C(C)(C)C)cc4)cc3n2)cc1. The van der Waals surface area contributed by atoms with Crippen LogP contribution in [0, 0.1) is 0 Å². The Morgan fingerprint density at radius 1 is 0.889 bits per heavy atom. The second kappa shape index (κ2) is 10.1. The molecule has 1 heterocycles. The van der Waals surface area contributed by atoms with Crippen LogP contribution >= 0.6 is 0 Å². The van der Waals surface area contributed by atoms with Crippen molar-refractivity contribution in [1.29, 1.82) is 0 Å². The molecule has 0 fully saturated rings. The number of ether oxygens (including phenoxy) is 1. The number of amides is 1. The number of carbonyl (C=O) groups is 1. The Balaban J connectivity index is 1.45. The maximum atomic E-state index is 13.1. The summed E-state index contributed by atoms with van der Waals surface area (Å²) < 4.78 is 6.04. The summed E-state index contributed by atoms with van der Waals surface area (Å²) in [5.74, 6) is 0.416. The van der Waals surface area contributed by atoms with Gasteiger partial charge in [-0.1, -0.05) is 58.4 Å². The van der Waals surface area contributed by atoms with E-state index >= 15 is 0 Å². The van der Waals surface area contributed by atoms with E-state index in [9.17, 15) is 4.79 Å². The minimum absolute atomic E-state index is 0.0595.